The van der Waals surface area contributed by atoms with Crippen LogP contribution in [0.5, 0.6) is 0 Å². The molecule has 1 atom stereocenters. The van der Waals surface area contributed by atoms with Crippen molar-refractivity contribution in [3.63, 3.8) is 0 Å². The molecule has 0 saturated carbocycles. The van der Waals surface area contributed by atoms with Gasteiger partial charge in [-0.2, -0.15) is 4.31 Å². The first-order valence-electron chi connectivity index (χ1n) is 8.68. The van der Waals surface area contributed by atoms with Crippen LogP contribution in [0.3, 0.4) is 0 Å². The van der Waals surface area contributed by atoms with E-state index >= 15 is 0 Å². The summed E-state index contributed by atoms with van der Waals surface area (Å²) in [6.07, 6.45) is 0.829. The molecule has 1 unspecified atom stereocenters. The maximum absolute atomic E-state index is 12.2. The molecule has 3 aromatic rings. The lowest BCUT2D eigenvalue weighted by Gasteiger charge is -2.28. The molecule has 2 aromatic carbocycles. The van der Waals surface area contributed by atoms with Crippen LogP contribution >= 0.6 is 0 Å². The Bertz CT molecular complexity index is 957. The lowest BCUT2D eigenvalue weighted by atomic mass is 10.2. The van der Waals surface area contributed by atoms with E-state index in [1.165, 1.54) is 4.31 Å². The molecule has 0 bridgehead atoms. The zero-order valence-corrected chi connectivity index (χ0v) is 14.8. The van der Waals surface area contributed by atoms with Gasteiger partial charge in [0.1, 0.15) is 0 Å². The second-order valence-electron chi connectivity index (χ2n) is 6.68. The van der Waals surface area contributed by atoms with Crippen molar-refractivity contribution in [2.24, 2.45) is 0 Å². The molecular weight excluding hydrogens is 336 g/mol. The SMILES string of the molecule is O=S1(=O)CCCCN1CC(O)Cn1c2ccccc2c2ccccc21. The van der Waals surface area contributed by atoms with Gasteiger partial charge in [0.15, 0.2) is 0 Å². The number of para-hydroxylation sites is 2. The highest BCUT2D eigenvalue weighted by Gasteiger charge is 2.28. The highest BCUT2D eigenvalue weighted by molar-refractivity contribution is 7.89. The van der Waals surface area contributed by atoms with Crippen LogP contribution < -0.4 is 0 Å². The zero-order valence-electron chi connectivity index (χ0n) is 14.0. The van der Waals surface area contributed by atoms with Crippen molar-refractivity contribution >= 4 is 31.8 Å². The predicted molar refractivity (Wildman–Crippen MR) is 100 cm³/mol. The molecule has 2 heterocycles. The van der Waals surface area contributed by atoms with Crippen LogP contribution in [-0.4, -0.2) is 47.3 Å². The first kappa shape index (κ1) is 16.6. The topological polar surface area (TPSA) is 62.5 Å². The van der Waals surface area contributed by atoms with E-state index in [9.17, 15) is 13.5 Å². The molecule has 0 amide bonds. The second-order valence-corrected chi connectivity index (χ2v) is 8.77. The molecule has 6 heteroatoms. The Labute approximate surface area is 147 Å². The van der Waals surface area contributed by atoms with Crippen molar-refractivity contribution in [3.05, 3.63) is 48.5 Å². The zero-order chi connectivity index (χ0) is 17.4. The van der Waals surface area contributed by atoms with Gasteiger partial charge in [0.25, 0.3) is 0 Å². The molecule has 0 aliphatic carbocycles. The summed E-state index contributed by atoms with van der Waals surface area (Å²) in [6, 6.07) is 16.2. The number of rotatable bonds is 4. The van der Waals surface area contributed by atoms with Crippen LogP contribution in [-0.2, 0) is 16.6 Å². The smallest absolute Gasteiger partial charge is 0.214 e. The fourth-order valence-corrected chi connectivity index (χ4v) is 5.38. The number of aromatic nitrogens is 1. The molecule has 132 valence electrons. The largest absolute Gasteiger partial charge is 0.390 e. The Kier molecular flexibility index (Phi) is 4.27. The Morgan fingerprint density at radius 2 is 1.52 bits per heavy atom. The molecular formula is C19H22N2O3S. The highest BCUT2D eigenvalue weighted by atomic mass is 32.2. The van der Waals surface area contributed by atoms with Gasteiger partial charge in [-0.1, -0.05) is 36.4 Å². The maximum Gasteiger partial charge on any atom is 0.214 e. The Morgan fingerprint density at radius 1 is 0.920 bits per heavy atom. The van der Waals surface area contributed by atoms with Crippen LogP contribution in [0.4, 0.5) is 0 Å². The van der Waals surface area contributed by atoms with Gasteiger partial charge in [0.05, 0.1) is 18.4 Å². The summed E-state index contributed by atoms with van der Waals surface area (Å²) >= 11 is 0. The lowest BCUT2D eigenvalue weighted by molar-refractivity contribution is 0.128. The molecule has 1 aliphatic heterocycles. The quantitative estimate of drug-likeness (QED) is 0.780. The van der Waals surface area contributed by atoms with Gasteiger partial charge in [0, 0.05) is 34.9 Å². The van der Waals surface area contributed by atoms with E-state index < -0.39 is 16.1 Å². The van der Waals surface area contributed by atoms with E-state index in [-0.39, 0.29) is 12.3 Å². The fourth-order valence-electron chi connectivity index (χ4n) is 3.75. The van der Waals surface area contributed by atoms with E-state index in [2.05, 4.69) is 16.7 Å². The summed E-state index contributed by atoms with van der Waals surface area (Å²) in [6.45, 7) is 1.04. The Hall–Kier alpha value is -1.89. The molecule has 1 N–H and O–H groups in total. The minimum Gasteiger partial charge on any atom is -0.390 e. The van der Waals surface area contributed by atoms with Gasteiger partial charge in [-0.3, -0.25) is 0 Å². The van der Waals surface area contributed by atoms with Gasteiger partial charge >= 0.3 is 0 Å². The molecule has 0 radical (unpaired) electrons. The average Bonchev–Trinajstić information content (AvgIpc) is 2.91. The van der Waals surface area contributed by atoms with Crippen LogP contribution in [0.2, 0.25) is 0 Å². The molecule has 1 aromatic heterocycles. The lowest BCUT2D eigenvalue weighted by Crippen LogP contribution is -2.43. The van der Waals surface area contributed by atoms with Crippen molar-refractivity contribution < 1.29 is 13.5 Å². The van der Waals surface area contributed by atoms with E-state index in [1.54, 1.807) is 0 Å². The Morgan fingerprint density at radius 3 is 2.12 bits per heavy atom. The first-order chi connectivity index (χ1) is 12.1. The minimum absolute atomic E-state index is 0.156. The summed E-state index contributed by atoms with van der Waals surface area (Å²) in [4.78, 5) is 0. The van der Waals surface area contributed by atoms with Crippen LogP contribution in [0.15, 0.2) is 48.5 Å². The fraction of sp³-hybridized carbons (Fsp3) is 0.368. The Balaban J connectivity index is 1.65. The predicted octanol–water partition coefficient (Wildman–Crippen LogP) is 2.58. The summed E-state index contributed by atoms with van der Waals surface area (Å²) in [7, 11) is -3.22. The maximum atomic E-state index is 12.2. The van der Waals surface area contributed by atoms with E-state index in [0.717, 1.165) is 28.2 Å². The number of sulfonamides is 1. The van der Waals surface area contributed by atoms with Crippen molar-refractivity contribution in [2.45, 2.75) is 25.5 Å². The van der Waals surface area contributed by atoms with E-state index in [1.807, 2.05) is 36.4 Å². The van der Waals surface area contributed by atoms with Crippen LogP contribution in [0, 0.1) is 0 Å². The molecule has 25 heavy (non-hydrogen) atoms. The van der Waals surface area contributed by atoms with Crippen molar-refractivity contribution in [1.82, 2.24) is 8.87 Å². The summed E-state index contributed by atoms with van der Waals surface area (Å²) in [5, 5.41) is 12.9. The van der Waals surface area contributed by atoms with Gasteiger partial charge in [-0.25, -0.2) is 8.42 Å². The van der Waals surface area contributed by atoms with Gasteiger partial charge in [-0.05, 0) is 25.0 Å². The van der Waals surface area contributed by atoms with Gasteiger partial charge < -0.3 is 9.67 Å². The number of aliphatic hydroxyl groups is 1. The highest BCUT2D eigenvalue weighted by Crippen LogP contribution is 2.29. The molecule has 5 nitrogen and oxygen atoms in total. The van der Waals surface area contributed by atoms with E-state index in [4.69, 9.17) is 0 Å². The number of hydrogen-bond acceptors (Lipinski definition) is 3. The molecule has 0 spiro atoms. The van der Waals surface area contributed by atoms with Crippen molar-refractivity contribution in [1.29, 1.82) is 0 Å². The number of fused-ring (bicyclic) bond motifs is 3. The van der Waals surface area contributed by atoms with Crippen LogP contribution in [0.25, 0.3) is 21.8 Å². The number of hydrogen-bond donors (Lipinski definition) is 1. The summed E-state index contributed by atoms with van der Waals surface area (Å²) < 4.78 is 27.8. The number of nitrogens with zero attached hydrogens (tertiary/aromatic N) is 2. The van der Waals surface area contributed by atoms with Gasteiger partial charge in [0.2, 0.25) is 10.0 Å². The third-order valence-electron chi connectivity index (χ3n) is 4.94. The molecule has 1 fully saturated rings. The molecule has 1 saturated heterocycles. The van der Waals surface area contributed by atoms with Crippen molar-refractivity contribution in [3.8, 4) is 0 Å². The van der Waals surface area contributed by atoms with Gasteiger partial charge in [-0.15, -0.1) is 0 Å². The number of benzene rings is 2. The standard InChI is InChI=1S/C19H22N2O3S/c22-15(13-20-11-5-6-12-25(20,23)24)14-21-18-9-3-1-7-16(18)17-8-2-4-10-19(17)21/h1-4,7-10,15,22H,5-6,11-14H2. The number of β-amino-alcohol motifs (C(OH)–C–C–N with tert-alkyl or cyclic N) is 1. The van der Waals surface area contributed by atoms with Crippen molar-refractivity contribution in [2.75, 3.05) is 18.8 Å². The average molecular weight is 358 g/mol. The molecule has 4 rings (SSSR count). The normalized spacial score (nSPS) is 19.4. The van der Waals surface area contributed by atoms with E-state index in [0.29, 0.717) is 19.5 Å². The summed E-state index contributed by atoms with van der Waals surface area (Å²) in [5.41, 5.74) is 2.12. The second kappa shape index (κ2) is 6.44. The minimum atomic E-state index is -3.22. The third-order valence-corrected chi connectivity index (χ3v) is 6.86. The monoisotopic (exact) mass is 358 g/mol. The number of aliphatic hydroxyl groups excluding tert-OH is 1. The third kappa shape index (κ3) is 3.05. The summed E-state index contributed by atoms with van der Waals surface area (Å²) in [5.74, 6) is 0.190. The molecule has 1 aliphatic rings. The van der Waals surface area contributed by atoms with Crippen LogP contribution in [0.1, 0.15) is 12.8 Å². The first-order valence-corrected chi connectivity index (χ1v) is 10.3.